The zero-order valence-electron chi connectivity index (χ0n) is 12.2. The van der Waals surface area contributed by atoms with E-state index < -0.39 is 0 Å². The Morgan fingerprint density at radius 1 is 1.27 bits per heavy atom. The summed E-state index contributed by atoms with van der Waals surface area (Å²) in [6, 6.07) is 15.4. The summed E-state index contributed by atoms with van der Waals surface area (Å²) in [5.74, 6) is 1.17. The van der Waals surface area contributed by atoms with Crippen LogP contribution in [-0.4, -0.2) is 21.8 Å². The highest BCUT2D eigenvalue weighted by Crippen LogP contribution is 2.22. The van der Waals surface area contributed by atoms with E-state index in [4.69, 9.17) is 4.74 Å². The molecule has 0 spiro atoms. The van der Waals surface area contributed by atoms with Crippen molar-refractivity contribution < 1.29 is 9.84 Å². The summed E-state index contributed by atoms with van der Waals surface area (Å²) in [6.45, 7) is 0.408. The molecule has 1 N–H and O–H groups in total. The molecule has 0 saturated heterocycles. The molecule has 0 aliphatic carbocycles. The van der Waals surface area contributed by atoms with Gasteiger partial charge in [0.15, 0.2) is 0 Å². The lowest BCUT2D eigenvalue weighted by molar-refractivity contribution is 0.267. The van der Waals surface area contributed by atoms with Crippen molar-refractivity contribution in [2.45, 2.75) is 13.2 Å². The molecular formula is C17H15N3O2. The Labute approximate surface area is 128 Å². The highest BCUT2D eigenvalue weighted by atomic mass is 16.5. The maximum atomic E-state index is 9.52. The number of imidazole rings is 1. The maximum Gasteiger partial charge on any atom is 0.136 e. The van der Waals surface area contributed by atoms with Gasteiger partial charge < -0.3 is 14.4 Å². The van der Waals surface area contributed by atoms with Crippen LogP contribution in [0.2, 0.25) is 0 Å². The van der Waals surface area contributed by atoms with Crippen molar-refractivity contribution in [3.8, 4) is 11.8 Å². The predicted molar refractivity (Wildman–Crippen MR) is 82.5 cm³/mol. The van der Waals surface area contributed by atoms with Gasteiger partial charge in [0, 0.05) is 6.54 Å². The molecule has 0 aliphatic rings. The molecule has 1 aromatic heterocycles. The van der Waals surface area contributed by atoms with Crippen molar-refractivity contribution in [2.24, 2.45) is 0 Å². The van der Waals surface area contributed by atoms with Gasteiger partial charge in [-0.3, -0.25) is 0 Å². The highest BCUT2D eigenvalue weighted by molar-refractivity contribution is 5.76. The molecule has 0 fully saturated rings. The van der Waals surface area contributed by atoms with Crippen molar-refractivity contribution >= 4 is 11.0 Å². The lowest BCUT2D eigenvalue weighted by Crippen LogP contribution is -2.05. The molecule has 0 radical (unpaired) electrons. The van der Waals surface area contributed by atoms with Gasteiger partial charge in [0.25, 0.3) is 0 Å². The molecule has 3 aromatic rings. The van der Waals surface area contributed by atoms with E-state index in [0.717, 1.165) is 16.6 Å². The Balaban J connectivity index is 2.05. The first-order valence-corrected chi connectivity index (χ1v) is 6.89. The Morgan fingerprint density at radius 3 is 2.82 bits per heavy atom. The summed E-state index contributed by atoms with van der Waals surface area (Å²) >= 11 is 0. The van der Waals surface area contributed by atoms with Gasteiger partial charge in [-0.1, -0.05) is 18.2 Å². The smallest absolute Gasteiger partial charge is 0.136 e. The van der Waals surface area contributed by atoms with Crippen molar-refractivity contribution in [3.05, 3.63) is 59.4 Å². The van der Waals surface area contributed by atoms with Crippen LogP contribution in [0, 0.1) is 11.3 Å². The third kappa shape index (κ3) is 2.41. The molecule has 22 heavy (non-hydrogen) atoms. The molecular weight excluding hydrogens is 278 g/mol. The number of ether oxygens (including phenoxy) is 1. The number of rotatable bonds is 4. The Bertz CT molecular complexity index is 862. The summed E-state index contributed by atoms with van der Waals surface area (Å²) in [7, 11) is 1.54. The van der Waals surface area contributed by atoms with Crippen molar-refractivity contribution in [1.29, 1.82) is 5.26 Å². The number of aliphatic hydroxyl groups is 1. The van der Waals surface area contributed by atoms with Crippen LogP contribution < -0.4 is 4.74 Å². The summed E-state index contributed by atoms with van der Waals surface area (Å²) in [4.78, 5) is 4.43. The molecule has 110 valence electrons. The number of para-hydroxylation sites is 2. The molecule has 1 heterocycles. The molecule has 0 atom stereocenters. The quantitative estimate of drug-likeness (QED) is 0.802. The van der Waals surface area contributed by atoms with Crippen LogP contribution in [0.25, 0.3) is 11.0 Å². The number of methoxy groups -OCH3 is 1. The SMILES string of the molecule is COc1ccc(Cn2c(CO)nc3ccccc32)cc1C#N. The summed E-state index contributed by atoms with van der Waals surface area (Å²) in [5.41, 5.74) is 3.26. The second kappa shape index (κ2) is 5.88. The van der Waals surface area contributed by atoms with Crippen LogP contribution in [0.4, 0.5) is 0 Å². The maximum absolute atomic E-state index is 9.52. The topological polar surface area (TPSA) is 71.1 Å². The second-order valence-electron chi connectivity index (χ2n) is 4.91. The Kier molecular flexibility index (Phi) is 3.77. The second-order valence-corrected chi connectivity index (χ2v) is 4.91. The van der Waals surface area contributed by atoms with E-state index >= 15 is 0 Å². The van der Waals surface area contributed by atoms with E-state index in [-0.39, 0.29) is 6.61 Å². The van der Waals surface area contributed by atoms with Gasteiger partial charge in [0.05, 0.1) is 23.7 Å². The molecule has 0 unspecified atom stereocenters. The van der Waals surface area contributed by atoms with E-state index in [0.29, 0.717) is 23.7 Å². The Hall–Kier alpha value is -2.84. The lowest BCUT2D eigenvalue weighted by atomic mass is 10.1. The van der Waals surface area contributed by atoms with Crippen LogP contribution in [-0.2, 0) is 13.2 Å². The van der Waals surface area contributed by atoms with Gasteiger partial charge in [-0.2, -0.15) is 5.26 Å². The third-order valence-corrected chi connectivity index (χ3v) is 3.60. The van der Waals surface area contributed by atoms with Gasteiger partial charge in [-0.15, -0.1) is 0 Å². The van der Waals surface area contributed by atoms with Crippen LogP contribution >= 0.6 is 0 Å². The van der Waals surface area contributed by atoms with E-state index in [1.807, 2.05) is 34.9 Å². The number of aromatic nitrogens is 2. The number of hydrogen-bond acceptors (Lipinski definition) is 4. The van der Waals surface area contributed by atoms with Crippen molar-refractivity contribution in [2.75, 3.05) is 7.11 Å². The van der Waals surface area contributed by atoms with Crippen molar-refractivity contribution in [1.82, 2.24) is 9.55 Å². The van der Waals surface area contributed by atoms with E-state index in [9.17, 15) is 10.4 Å². The van der Waals surface area contributed by atoms with Gasteiger partial charge in [0.1, 0.15) is 24.3 Å². The van der Waals surface area contributed by atoms with Gasteiger partial charge in [-0.05, 0) is 29.8 Å². The molecule has 5 nitrogen and oxygen atoms in total. The summed E-state index contributed by atoms with van der Waals surface area (Å²) in [6.07, 6.45) is 0. The average molecular weight is 293 g/mol. The molecule has 0 saturated carbocycles. The molecule has 3 rings (SSSR count). The monoisotopic (exact) mass is 293 g/mol. The fourth-order valence-corrected chi connectivity index (χ4v) is 2.55. The number of fused-ring (bicyclic) bond motifs is 1. The van der Waals surface area contributed by atoms with Crippen LogP contribution in [0.3, 0.4) is 0 Å². The predicted octanol–water partition coefficient (Wildman–Crippen LogP) is 2.46. The van der Waals surface area contributed by atoms with Crippen LogP contribution in [0.15, 0.2) is 42.5 Å². The molecule has 0 bridgehead atoms. The van der Waals surface area contributed by atoms with E-state index in [2.05, 4.69) is 11.1 Å². The Morgan fingerprint density at radius 2 is 2.09 bits per heavy atom. The fraction of sp³-hybridized carbons (Fsp3) is 0.176. The minimum absolute atomic E-state index is 0.129. The summed E-state index contributed by atoms with van der Waals surface area (Å²) in [5, 5.41) is 18.7. The highest BCUT2D eigenvalue weighted by Gasteiger charge is 2.11. The zero-order valence-corrected chi connectivity index (χ0v) is 12.2. The number of aliphatic hydroxyl groups excluding tert-OH is 1. The van der Waals surface area contributed by atoms with Gasteiger partial charge in [-0.25, -0.2) is 4.98 Å². The normalized spacial score (nSPS) is 10.6. The van der Waals surface area contributed by atoms with E-state index in [1.54, 1.807) is 19.2 Å². The third-order valence-electron chi connectivity index (χ3n) is 3.60. The fourth-order valence-electron chi connectivity index (χ4n) is 2.55. The van der Waals surface area contributed by atoms with Crippen molar-refractivity contribution in [3.63, 3.8) is 0 Å². The zero-order chi connectivity index (χ0) is 15.5. The van der Waals surface area contributed by atoms with Gasteiger partial charge in [0.2, 0.25) is 0 Å². The first-order chi connectivity index (χ1) is 10.8. The van der Waals surface area contributed by atoms with E-state index in [1.165, 1.54) is 0 Å². The minimum Gasteiger partial charge on any atom is -0.495 e. The molecule has 2 aromatic carbocycles. The molecule has 0 aliphatic heterocycles. The van der Waals surface area contributed by atoms with Gasteiger partial charge >= 0.3 is 0 Å². The van der Waals surface area contributed by atoms with Crippen LogP contribution in [0.1, 0.15) is 17.0 Å². The minimum atomic E-state index is -0.129. The average Bonchev–Trinajstić information content (AvgIpc) is 2.92. The number of nitriles is 1. The molecule has 0 amide bonds. The molecule has 5 heteroatoms. The first-order valence-electron chi connectivity index (χ1n) is 6.89. The number of nitrogens with zero attached hydrogens (tertiary/aromatic N) is 3. The van der Waals surface area contributed by atoms with Crippen LogP contribution in [0.5, 0.6) is 5.75 Å². The largest absolute Gasteiger partial charge is 0.495 e. The first kappa shape index (κ1) is 14.1. The lowest BCUT2D eigenvalue weighted by Gasteiger charge is -2.10. The number of benzene rings is 2. The summed E-state index contributed by atoms with van der Waals surface area (Å²) < 4.78 is 7.12. The number of hydrogen-bond donors (Lipinski definition) is 1. The standard InChI is InChI=1S/C17H15N3O2/c1-22-16-7-6-12(8-13(16)9-18)10-20-15-5-3-2-4-14(15)19-17(20)11-21/h2-8,21H,10-11H2,1H3.